The van der Waals surface area contributed by atoms with E-state index < -0.39 is 5.69 Å². The molecule has 3 aromatic rings. The molecule has 1 saturated carbocycles. The number of aryl methyl sites for hydroxylation is 1. The van der Waals surface area contributed by atoms with Crippen molar-refractivity contribution in [1.29, 1.82) is 0 Å². The Labute approximate surface area is 179 Å². The van der Waals surface area contributed by atoms with Crippen LogP contribution in [0.5, 0.6) is 0 Å². The topological polar surface area (TPSA) is 83.2 Å². The first-order valence-electron chi connectivity index (χ1n) is 10.6. The normalized spacial score (nSPS) is 17.5. The zero-order valence-corrected chi connectivity index (χ0v) is 17.7. The van der Waals surface area contributed by atoms with Crippen LogP contribution in [0.1, 0.15) is 36.8 Å². The van der Waals surface area contributed by atoms with Crippen molar-refractivity contribution in [2.45, 2.75) is 31.2 Å². The van der Waals surface area contributed by atoms with Gasteiger partial charge >= 0.3 is 5.69 Å². The Morgan fingerprint density at radius 2 is 1.74 bits per heavy atom. The van der Waals surface area contributed by atoms with E-state index in [0.29, 0.717) is 17.6 Å². The van der Waals surface area contributed by atoms with E-state index in [-0.39, 0.29) is 16.8 Å². The SMILES string of the molecule is Cn1c(=O)c2c(C3=CC=CC=CC3)c(-c3ccc(C4(N)CCC4)cc3)oc2n(C)c1=O. The summed E-state index contributed by atoms with van der Waals surface area (Å²) in [6, 6.07) is 8.08. The van der Waals surface area contributed by atoms with Gasteiger partial charge in [-0.05, 0) is 36.8 Å². The molecule has 2 heterocycles. The van der Waals surface area contributed by atoms with Crippen LogP contribution in [-0.4, -0.2) is 9.13 Å². The molecule has 1 aromatic carbocycles. The van der Waals surface area contributed by atoms with Gasteiger partial charge in [0.25, 0.3) is 5.56 Å². The first-order chi connectivity index (χ1) is 14.9. The molecule has 31 heavy (non-hydrogen) atoms. The summed E-state index contributed by atoms with van der Waals surface area (Å²) in [6.07, 6.45) is 13.7. The van der Waals surface area contributed by atoms with Crippen molar-refractivity contribution in [1.82, 2.24) is 9.13 Å². The second-order valence-corrected chi connectivity index (χ2v) is 8.49. The minimum Gasteiger partial charge on any atom is -0.439 e. The fraction of sp³-hybridized carbons (Fsp3) is 0.280. The number of nitrogens with two attached hydrogens (primary N) is 1. The molecule has 0 radical (unpaired) electrons. The molecule has 6 heteroatoms. The Morgan fingerprint density at radius 3 is 2.42 bits per heavy atom. The van der Waals surface area contributed by atoms with Gasteiger partial charge in [0.15, 0.2) is 0 Å². The third-order valence-corrected chi connectivity index (χ3v) is 6.57. The quantitative estimate of drug-likeness (QED) is 0.706. The van der Waals surface area contributed by atoms with Crippen molar-refractivity contribution in [3.05, 3.63) is 86.6 Å². The number of aromatic nitrogens is 2. The summed E-state index contributed by atoms with van der Waals surface area (Å²) in [7, 11) is 3.12. The van der Waals surface area contributed by atoms with Gasteiger partial charge in [-0.1, -0.05) is 54.6 Å². The van der Waals surface area contributed by atoms with Crippen LogP contribution in [0.15, 0.2) is 68.7 Å². The lowest BCUT2D eigenvalue weighted by Crippen LogP contribution is -2.43. The summed E-state index contributed by atoms with van der Waals surface area (Å²) < 4.78 is 8.75. The summed E-state index contributed by atoms with van der Waals surface area (Å²) in [5, 5.41) is 0.424. The van der Waals surface area contributed by atoms with E-state index in [9.17, 15) is 9.59 Å². The van der Waals surface area contributed by atoms with Crippen LogP contribution in [-0.2, 0) is 19.6 Å². The van der Waals surface area contributed by atoms with Gasteiger partial charge < -0.3 is 10.2 Å². The minimum atomic E-state index is -0.413. The average Bonchev–Trinajstić information content (AvgIpc) is 2.96. The maximum atomic E-state index is 13.1. The smallest absolute Gasteiger partial charge is 0.333 e. The Bertz CT molecular complexity index is 1390. The van der Waals surface area contributed by atoms with Gasteiger partial charge in [-0.3, -0.25) is 13.9 Å². The number of hydrogen-bond acceptors (Lipinski definition) is 4. The van der Waals surface area contributed by atoms with Crippen molar-refractivity contribution < 1.29 is 4.42 Å². The van der Waals surface area contributed by atoms with Gasteiger partial charge in [-0.2, -0.15) is 0 Å². The number of benzene rings is 1. The molecule has 5 rings (SSSR count). The van der Waals surface area contributed by atoms with Crippen LogP contribution >= 0.6 is 0 Å². The highest BCUT2D eigenvalue weighted by Gasteiger charge is 2.34. The molecule has 1 fully saturated rings. The van der Waals surface area contributed by atoms with E-state index in [0.717, 1.165) is 46.1 Å². The zero-order valence-electron chi connectivity index (χ0n) is 17.7. The Morgan fingerprint density at radius 1 is 1.00 bits per heavy atom. The fourth-order valence-corrected chi connectivity index (χ4v) is 4.49. The number of allylic oxidation sites excluding steroid dienone is 6. The van der Waals surface area contributed by atoms with E-state index in [1.807, 2.05) is 54.6 Å². The molecule has 0 amide bonds. The molecule has 2 aliphatic carbocycles. The third kappa shape index (κ3) is 2.98. The fourth-order valence-electron chi connectivity index (χ4n) is 4.49. The third-order valence-electron chi connectivity index (χ3n) is 6.57. The zero-order chi connectivity index (χ0) is 21.8. The molecule has 0 saturated heterocycles. The molecule has 0 unspecified atom stereocenters. The van der Waals surface area contributed by atoms with Crippen molar-refractivity contribution in [3.63, 3.8) is 0 Å². The lowest BCUT2D eigenvalue weighted by Gasteiger charge is -2.38. The Kier molecular flexibility index (Phi) is 4.48. The number of fused-ring (bicyclic) bond motifs is 1. The number of nitrogens with zero attached hydrogens (tertiary/aromatic N) is 2. The summed E-state index contributed by atoms with van der Waals surface area (Å²) in [5.41, 5.74) is 9.43. The van der Waals surface area contributed by atoms with Crippen LogP contribution in [0.25, 0.3) is 28.0 Å². The average molecular weight is 415 g/mol. The molecule has 2 aromatic heterocycles. The predicted octanol–water partition coefficient (Wildman–Crippen LogP) is 3.73. The predicted molar refractivity (Wildman–Crippen MR) is 123 cm³/mol. The van der Waals surface area contributed by atoms with Crippen LogP contribution in [0, 0.1) is 0 Å². The maximum absolute atomic E-state index is 13.1. The molecular formula is C25H25N3O3. The van der Waals surface area contributed by atoms with Gasteiger partial charge in [0, 0.05) is 30.8 Å². The molecule has 0 spiro atoms. The Hall–Kier alpha value is -3.38. The van der Waals surface area contributed by atoms with Crippen molar-refractivity contribution in [2.75, 3.05) is 0 Å². The molecule has 0 atom stereocenters. The Balaban J connectivity index is 1.78. The molecule has 6 nitrogen and oxygen atoms in total. The highest BCUT2D eigenvalue weighted by atomic mass is 16.3. The second kappa shape index (κ2) is 7.10. The molecule has 0 bridgehead atoms. The van der Waals surface area contributed by atoms with Gasteiger partial charge in [0.05, 0.1) is 0 Å². The second-order valence-electron chi connectivity index (χ2n) is 8.49. The summed E-state index contributed by atoms with van der Waals surface area (Å²) in [4.78, 5) is 25.6. The van der Waals surface area contributed by atoms with E-state index in [4.69, 9.17) is 10.2 Å². The van der Waals surface area contributed by atoms with Crippen molar-refractivity contribution in [2.24, 2.45) is 19.8 Å². The number of rotatable bonds is 3. The van der Waals surface area contributed by atoms with Crippen LogP contribution < -0.4 is 17.0 Å². The summed E-state index contributed by atoms with van der Waals surface area (Å²) >= 11 is 0. The molecule has 2 N–H and O–H groups in total. The highest BCUT2D eigenvalue weighted by Crippen LogP contribution is 2.41. The van der Waals surface area contributed by atoms with Gasteiger partial charge in [0.1, 0.15) is 11.1 Å². The van der Waals surface area contributed by atoms with E-state index in [2.05, 4.69) is 0 Å². The monoisotopic (exact) mass is 415 g/mol. The van der Waals surface area contributed by atoms with E-state index >= 15 is 0 Å². The van der Waals surface area contributed by atoms with E-state index in [1.165, 1.54) is 11.6 Å². The summed E-state index contributed by atoms with van der Waals surface area (Å²) in [5.74, 6) is 0.592. The molecular weight excluding hydrogens is 390 g/mol. The lowest BCUT2D eigenvalue weighted by molar-refractivity contribution is 0.253. The molecule has 0 aliphatic heterocycles. The van der Waals surface area contributed by atoms with Crippen LogP contribution in [0.3, 0.4) is 0 Å². The number of furan rings is 1. The molecule has 2 aliphatic rings. The van der Waals surface area contributed by atoms with Crippen LogP contribution in [0.2, 0.25) is 0 Å². The van der Waals surface area contributed by atoms with Crippen molar-refractivity contribution in [3.8, 4) is 11.3 Å². The van der Waals surface area contributed by atoms with E-state index in [1.54, 1.807) is 7.05 Å². The maximum Gasteiger partial charge on any atom is 0.333 e. The van der Waals surface area contributed by atoms with Gasteiger partial charge in [0.2, 0.25) is 5.71 Å². The first-order valence-corrected chi connectivity index (χ1v) is 10.6. The highest BCUT2D eigenvalue weighted by molar-refractivity contribution is 5.97. The largest absolute Gasteiger partial charge is 0.439 e. The van der Waals surface area contributed by atoms with Crippen molar-refractivity contribution >= 4 is 16.7 Å². The van der Waals surface area contributed by atoms with Gasteiger partial charge in [-0.15, -0.1) is 0 Å². The van der Waals surface area contributed by atoms with Gasteiger partial charge in [-0.25, -0.2) is 4.79 Å². The van der Waals surface area contributed by atoms with Crippen LogP contribution in [0.4, 0.5) is 0 Å². The summed E-state index contributed by atoms with van der Waals surface area (Å²) in [6.45, 7) is 0. The standard InChI is InChI=1S/C25H25N3O3/c1-27-22(29)20-19(16-8-5-3-4-6-9-16)21(31-23(20)28(2)24(27)30)17-10-12-18(13-11-17)25(26)14-7-15-25/h3-6,8,10-13H,7,9,14-15,26H2,1-2H3. The minimum absolute atomic E-state index is 0.242. The molecule has 158 valence electrons. The number of hydrogen-bond donors (Lipinski definition) is 1. The first kappa shape index (κ1) is 19.6. The lowest BCUT2D eigenvalue weighted by atomic mass is 9.72.